The summed E-state index contributed by atoms with van der Waals surface area (Å²) in [5, 5.41) is 12.1. The van der Waals surface area contributed by atoms with Gasteiger partial charge in [0.25, 0.3) is 5.91 Å². The summed E-state index contributed by atoms with van der Waals surface area (Å²) in [6.45, 7) is 1.68. The van der Waals surface area contributed by atoms with E-state index < -0.39 is 23.9 Å². The van der Waals surface area contributed by atoms with E-state index >= 15 is 0 Å². The highest BCUT2D eigenvalue weighted by atomic mass is 35.5. The van der Waals surface area contributed by atoms with E-state index in [1.165, 1.54) is 23.6 Å². The van der Waals surface area contributed by atoms with Crippen LogP contribution in [0.25, 0.3) is 0 Å². The van der Waals surface area contributed by atoms with Crippen molar-refractivity contribution in [3.05, 3.63) is 38.9 Å². The van der Waals surface area contributed by atoms with E-state index in [9.17, 15) is 14.4 Å². The Labute approximate surface area is 235 Å². The molecule has 2 aliphatic rings. The lowest BCUT2D eigenvalue weighted by atomic mass is 9.82. The van der Waals surface area contributed by atoms with E-state index in [0.717, 1.165) is 36.5 Å². The zero-order valence-corrected chi connectivity index (χ0v) is 23.6. The summed E-state index contributed by atoms with van der Waals surface area (Å²) in [6, 6.07) is 2.21. The first-order valence-corrected chi connectivity index (χ1v) is 13.3. The molecule has 200 valence electrons. The summed E-state index contributed by atoms with van der Waals surface area (Å²) in [7, 11) is 3.82. The van der Waals surface area contributed by atoms with E-state index in [1.807, 2.05) is 7.05 Å². The Morgan fingerprint density at radius 2 is 1.95 bits per heavy atom. The lowest BCUT2D eigenvalue weighted by Crippen LogP contribution is -2.57. The van der Waals surface area contributed by atoms with Gasteiger partial charge in [0.2, 0.25) is 0 Å². The van der Waals surface area contributed by atoms with Crippen LogP contribution in [0.4, 0.5) is 5.82 Å². The molecule has 14 heteroatoms. The fraction of sp³-hybridized carbons (Fsp3) is 0.478. The van der Waals surface area contributed by atoms with Gasteiger partial charge in [-0.25, -0.2) is 9.97 Å². The number of thiocarbonyl (C=S) groups is 1. The Hall–Kier alpha value is -2.38. The van der Waals surface area contributed by atoms with E-state index in [2.05, 4.69) is 36.1 Å². The molecular weight excluding hydrogens is 557 g/mol. The first-order chi connectivity index (χ1) is 17.2. The Morgan fingerprint density at radius 3 is 2.65 bits per heavy atom. The molecule has 3 amide bonds. The van der Waals surface area contributed by atoms with Crippen LogP contribution in [0.2, 0.25) is 5.02 Å². The standard InChI is InChI=1S/C23H28ClN7O3S2.ClH/c1-25-22(35)12-3-5-14(27-19(32)20(33)30-18-6-4-13(24)10-26-18)16(9-12)28-21(34)23-29-15-7-8-31(2)11-17(15)36-23;/h4,6,10,12,14,16H,3,5,7-9,11H2,1-2H3,(H,25,35)(H,27,32)(H,28,34)(H,26,30,33);1H/t12-,14-,16+;/m0./s1. The van der Waals surface area contributed by atoms with Crippen LogP contribution < -0.4 is 21.3 Å². The molecule has 2 aromatic rings. The second kappa shape index (κ2) is 12.9. The smallest absolute Gasteiger partial charge is 0.314 e. The van der Waals surface area contributed by atoms with Gasteiger partial charge in [0.15, 0.2) is 5.01 Å². The number of thiazole rings is 1. The molecule has 37 heavy (non-hydrogen) atoms. The number of rotatable bonds is 5. The molecule has 1 aliphatic carbocycles. The van der Waals surface area contributed by atoms with Gasteiger partial charge in [-0.15, -0.1) is 23.7 Å². The minimum absolute atomic E-state index is 0. The van der Waals surface area contributed by atoms with E-state index in [0.29, 0.717) is 27.9 Å². The third-order valence-corrected chi connectivity index (χ3v) is 8.23. The number of carbonyl (C=O) groups excluding carboxylic acids is 3. The number of nitrogens with one attached hydrogen (secondary N) is 4. The van der Waals surface area contributed by atoms with Crippen LogP contribution in [-0.4, -0.2) is 70.3 Å². The number of fused-ring (bicyclic) bond motifs is 1. The topological polar surface area (TPSA) is 128 Å². The van der Waals surface area contributed by atoms with E-state index in [-0.39, 0.29) is 30.0 Å². The summed E-state index contributed by atoms with van der Waals surface area (Å²) in [6.07, 6.45) is 3.99. The van der Waals surface area contributed by atoms with Crippen LogP contribution in [0.1, 0.15) is 39.6 Å². The van der Waals surface area contributed by atoms with Crippen LogP contribution in [0, 0.1) is 5.92 Å². The molecule has 0 radical (unpaired) electrons. The molecule has 4 rings (SSSR count). The average molecular weight is 587 g/mol. The molecule has 10 nitrogen and oxygen atoms in total. The second-order valence-electron chi connectivity index (χ2n) is 8.98. The number of halogens is 2. The van der Waals surface area contributed by atoms with Gasteiger partial charge >= 0.3 is 11.8 Å². The zero-order chi connectivity index (χ0) is 25.8. The van der Waals surface area contributed by atoms with Crippen molar-refractivity contribution in [1.29, 1.82) is 0 Å². The molecule has 1 fully saturated rings. The van der Waals surface area contributed by atoms with Gasteiger partial charge in [0.1, 0.15) is 5.82 Å². The number of hydrogen-bond acceptors (Lipinski definition) is 8. The molecule has 1 aliphatic heterocycles. The number of pyridine rings is 1. The average Bonchev–Trinajstić information content (AvgIpc) is 3.29. The third-order valence-electron chi connectivity index (χ3n) is 6.39. The molecule has 2 aromatic heterocycles. The molecule has 0 saturated heterocycles. The Morgan fingerprint density at radius 1 is 1.16 bits per heavy atom. The van der Waals surface area contributed by atoms with Crippen molar-refractivity contribution in [3.8, 4) is 0 Å². The number of likely N-dealkylation sites (N-methyl/N-ethyl adjacent to an activating group) is 1. The minimum Gasteiger partial charge on any atom is -0.383 e. The van der Waals surface area contributed by atoms with Crippen LogP contribution in [0.5, 0.6) is 0 Å². The highest BCUT2D eigenvalue weighted by Gasteiger charge is 2.36. The van der Waals surface area contributed by atoms with Crippen molar-refractivity contribution in [2.24, 2.45) is 5.92 Å². The SMILES string of the molecule is CNC(=S)[C@H]1CC[C@H](NC(=O)C(=O)Nc2ccc(Cl)cn2)[C@H](NC(=O)c2nc3c(s2)CN(C)CC3)C1.Cl. The van der Waals surface area contributed by atoms with Gasteiger partial charge in [-0.1, -0.05) is 23.8 Å². The van der Waals surface area contributed by atoms with E-state index in [1.54, 1.807) is 13.1 Å². The fourth-order valence-electron chi connectivity index (χ4n) is 4.45. The summed E-state index contributed by atoms with van der Waals surface area (Å²) < 4.78 is 0. The van der Waals surface area contributed by atoms with Crippen LogP contribution >= 0.6 is 47.6 Å². The normalized spacial score (nSPS) is 21.1. The summed E-state index contributed by atoms with van der Waals surface area (Å²) in [5.41, 5.74) is 0.971. The molecule has 3 atom stereocenters. The molecule has 3 heterocycles. The zero-order valence-electron chi connectivity index (χ0n) is 20.4. The predicted molar refractivity (Wildman–Crippen MR) is 149 cm³/mol. The first-order valence-electron chi connectivity index (χ1n) is 11.7. The molecule has 0 aromatic carbocycles. The molecule has 1 saturated carbocycles. The Balaban J connectivity index is 0.00000380. The van der Waals surface area contributed by atoms with Crippen LogP contribution in [0.15, 0.2) is 18.3 Å². The largest absolute Gasteiger partial charge is 0.383 e. The highest BCUT2D eigenvalue weighted by Crippen LogP contribution is 2.28. The number of amides is 3. The van der Waals surface area contributed by atoms with Crippen molar-refractivity contribution in [3.63, 3.8) is 0 Å². The summed E-state index contributed by atoms with van der Waals surface area (Å²) in [5.74, 6) is -1.68. The quantitative estimate of drug-likeness (QED) is 0.310. The molecular formula is C23H29Cl2N7O3S2. The lowest BCUT2D eigenvalue weighted by molar-refractivity contribution is -0.136. The molecule has 0 bridgehead atoms. The fourth-order valence-corrected chi connectivity index (χ4v) is 5.87. The number of anilines is 1. The van der Waals surface area contributed by atoms with E-state index in [4.69, 9.17) is 23.8 Å². The summed E-state index contributed by atoms with van der Waals surface area (Å²) >= 11 is 12.7. The van der Waals surface area contributed by atoms with Crippen LogP contribution in [0.3, 0.4) is 0 Å². The lowest BCUT2D eigenvalue weighted by Gasteiger charge is -2.36. The number of nitrogens with zero attached hydrogens (tertiary/aromatic N) is 3. The Bertz CT molecular complexity index is 1160. The van der Waals surface area contributed by atoms with Crippen molar-refractivity contribution in [1.82, 2.24) is 30.8 Å². The van der Waals surface area contributed by atoms with Crippen LogP contribution in [-0.2, 0) is 22.6 Å². The number of aromatic nitrogens is 2. The predicted octanol–water partition coefficient (Wildman–Crippen LogP) is 2.17. The number of hydrogen-bond donors (Lipinski definition) is 4. The van der Waals surface area contributed by atoms with Crippen molar-refractivity contribution < 1.29 is 14.4 Å². The molecule has 4 N–H and O–H groups in total. The molecule has 0 spiro atoms. The van der Waals surface area contributed by atoms with Gasteiger partial charge in [0, 0.05) is 49.6 Å². The van der Waals surface area contributed by atoms with Gasteiger partial charge in [-0.3, -0.25) is 14.4 Å². The highest BCUT2D eigenvalue weighted by molar-refractivity contribution is 7.80. The van der Waals surface area contributed by atoms with Crippen molar-refractivity contribution >= 4 is 76.1 Å². The van der Waals surface area contributed by atoms with Gasteiger partial charge < -0.3 is 26.2 Å². The third kappa shape index (κ3) is 7.35. The second-order valence-corrected chi connectivity index (χ2v) is 10.9. The monoisotopic (exact) mass is 585 g/mol. The van der Waals surface area contributed by atoms with Gasteiger partial charge in [-0.05, 0) is 38.4 Å². The maximum atomic E-state index is 13.2. The van der Waals surface area contributed by atoms with Gasteiger partial charge in [-0.2, -0.15) is 0 Å². The number of carbonyl (C=O) groups is 3. The first kappa shape index (κ1) is 29.2. The summed E-state index contributed by atoms with van der Waals surface area (Å²) in [4.78, 5) is 50.8. The minimum atomic E-state index is -0.848. The van der Waals surface area contributed by atoms with Crippen molar-refractivity contribution in [2.45, 2.75) is 44.3 Å². The maximum Gasteiger partial charge on any atom is 0.314 e. The Kier molecular flexibility index (Phi) is 10.2. The van der Waals surface area contributed by atoms with Gasteiger partial charge in [0.05, 0.1) is 21.7 Å². The van der Waals surface area contributed by atoms with Crippen molar-refractivity contribution in [2.75, 3.05) is 26.0 Å². The molecule has 0 unspecified atom stereocenters. The maximum absolute atomic E-state index is 13.2.